The molecule has 0 aliphatic carbocycles. The van der Waals surface area contributed by atoms with Gasteiger partial charge in [-0.3, -0.25) is 0 Å². The molecule has 0 saturated carbocycles. The summed E-state index contributed by atoms with van der Waals surface area (Å²) in [6.07, 6.45) is 0. The van der Waals surface area contributed by atoms with Gasteiger partial charge in [0.15, 0.2) is 5.69 Å². The zero-order valence-corrected chi connectivity index (χ0v) is 7.13. The Balaban J connectivity index is 3.08. The maximum absolute atomic E-state index is 10.9. The number of carbonyl (C=O) groups is 1. The number of methoxy groups -OCH3 is 1. The lowest BCUT2D eigenvalue weighted by Gasteiger charge is -1.99. The van der Waals surface area contributed by atoms with Crippen molar-refractivity contribution >= 4 is 23.4 Å². The third-order valence-corrected chi connectivity index (χ3v) is 1.42. The molecule has 0 atom stereocenters. The molecule has 0 unspecified atom stereocenters. The van der Waals surface area contributed by atoms with Crippen molar-refractivity contribution in [2.45, 2.75) is 0 Å². The van der Waals surface area contributed by atoms with Crippen LogP contribution >= 0.6 is 11.6 Å². The molecule has 1 rings (SSSR count). The minimum Gasteiger partial charge on any atom is -0.464 e. The molecule has 1 aromatic rings. The van der Waals surface area contributed by atoms with Gasteiger partial charge in [0.25, 0.3) is 0 Å². The summed E-state index contributed by atoms with van der Waals surface area (Å²) >= 11 is 5.62. The molecule has 0 radical (unpaired) electrons. The van der Waals surface area contributed by atoms with Crippen LogP contribution < -0.4 is 5.73 Å². The fraction of sp³-hybridized carbons (Fsp3) is 0.143. The Kier molecular flexibility index (Phi) is 2.50. The van der Waals surface area contributed by atoms with E-state index in [0.29, 0.717) is 5.02 Å². The zero-order valence-electron chi connectivity index (χ0n) is 6.37. The average Bonchev–Trinajstić information content (AvgIpc) is 2.01. The third-order valence-electron chi connectivity index (χ3n) is 1.20. The molecule has 0 spiro atoms. The average molecular weight is 187 g/mol. The summed E-state index contributed by atoms with van der Waals surface area (Å²) in [5, 5.41) is 0.364. The van der Waals surface area contributed by atoms with Crippen LogP contribution in [0, 0.1) is 0 Å². The standard InChI is InChI=1S/C7H7ClN2O2/c1-12-7(11)5-2-4(8)3-6(9)10-5/h2-3H,1H3,(H2,9,10). The van der Waals surface area contributed by atoms with Crippen LogP contribution in [-0.2, 0) is 4.74 Å². The number of halogens is 1. The smallest absolute Gasteiger partial charge is 0.356 e. The Morgan fingerprint density at radius 2 is 2.33 bits per heavy atom. The van der Waals surface area contributed by atoms with Crippen molar-refractivity contribution in [1.82, 2.24) is 4.98 Å². The normalized spacial score (nSPS) is 9.50. The Bertz CT molecular complexity index is 294. The predicted molar refractivity (Wildman–Crippen MR) is 45.0 cm³/mol. The molecule has 0 aliphatic heterocycles. The molecule has 0 amide bonds. The lowest BCUT2D eigenvalue weighted by molar-refractivity contribution is 0.0594. The van der Waals surface area contributed by atoms with Crippen molar-refractivity contribution in [2.75, 3.05) is 12.8 Å². The van der Waals surface area contributed by atoms with Crippen molar-refractivity contribution in [1.29, 1.82) is 0 Å². The van der Waals surface area contributed by atoms with Gasteiger partial charge in [-0.25, -0.2) is 9.78 Å². The molecule has 0 saturated heterocycles. The van der Waals surface area contributed by atoms with E-state index in [1.807, 2.05) is 0 Å². The van der Waals surface area contributed by atoms with Crippen molar-refractivity contribution in [2.24, 2.45) is 0 Å². The molecule has 64 valence electrons. The van der Waals surface area contributed by atoms with E-state index in [-0.39, 0.29) is 11.5 Å². The highest BCUT2D eigenvalue weighted by Gasteiger charge is 2.08. The molecule has 0 bridgehead atoms. The Labute approximate surface area is 74.3 Å². The van der Waals surface area contributed by atoms with Crippen LogP contribution in [0.4, 0.5) is 5.82 Å². The van der Waals surface area contributed by atoms with Crippen LogP contribution in [-0.4, -0.2) is 18.1 Å². The fourth-order valence-electron chi connectivity index (χ4n) is 0.726. The van der Waals surface area contributed by atoms with E-state index in [4.69, 9.17) is 17.3 Å². The number of rotatable bonds is 1. The first kappa shape index (κ1) is 8.80. The molecular weight excluding hydrogens is 180 g/mol. The Morgan fingerprint density at radius 1 is 1.67 bits per heavy atom. The molecule has 1 heterocycles. The van der Waals surface area contributed by atoms with Crippen LogP contribution in [0.5, 0.6) is 0 Å². The largest absolute Gasteiger partial charge is 0.464 e. The highest BCUT2D eigenvalue weighted by atomic mass is 35.5. The van der Waals surface area contributed by atoms with E-state index in [0.717, 1.165) is 0 Å². The number of carbonyl (C=O) groups excluding carboxylic acids is 1. The SMILES string of the molecule is COC(=O)c1cc(Cl)cc(N)n1. The van der Waals surface area contributed by atoms with Crippen LogP contribution in [0.2, 0.25) is 5.02 Å². The van der Waals surface area contributed by atoms with Gasteiger partial charge in [-0.1, -0.05) is 11.6 Å². The number of nitrogens with zero attached hydrogens (tertiary/aromatic N) is 1. The first-order valence-electron chi connectivity index (χ1n) is 3.15. The second kappa shape index (κ2) is 3.40. The molecule has 2 N–H and O–H groups in total. The number of hydrogen-bond acceptors (Lipinski definition) is 4. The summed E-state index contributed by atoms with van der Waals surface area (Å²) < 4.78 is 4.43. The molecule has 12 heavy (non-hydrogen) atoms. The number of pyridine rings is 1. The maximum Gasteiger partial charge on any atom is 0.356 e. The molecule has 1 aromatic heterocycles. The maximum atomic E-state index is 10.9. The van der Waals surface area contributed by atoms with Crippen LogP contribution in [0.25, 0.3) is 0 Å². The Hall–Kier alpha value is -1.29. The molecule has 0 fully saturated rings. The highest BCUT2D eigenvalue weighted by molar-refractivity contribution is 6.31. The molecule has 4 nitrogen and oxygen atoms in total. The number of anilines is 1. The zero-order chi connectivity index (χ0) is 9.14. The first-order valence-corrected chi connectivity index (χ1v) is 3.52. The molecular formula is C7H7ClN2O2. The summed E-state index contributed by atoms with van der Waals surface area (Å²) in [4.78, 5) is 14.6. The second-order valence-corrected chi connectivity index (χ2v) is 2.52. The summed E-state index contributed by atoms with van der Waals surface area (Å²) in [5.74, 6) is -0.355. The van der Waals surface area contributed by atoms with E-state index in [1.54, 1.807) is 0 Å². The van der Waals surface area contributed by atoms with Crippen LogP contribution in [0.1, 0.15) is 10.5 Å². The number of esters is 1. The van der Waals surface area contributed by atoms with E-state index >= 15 is 0 Å². The minimum atomic E-state index is -0.552. The van der Waals surface area contributed by atoms with Crippen LogP contribution in [0.3, 0.4) is 0 Å². The van der Waals surface area contributed by atoms with Crippen molar-refractivity contribution < 1.29 is 9.53 Å². The molecule has 5 heteroatoms. The van der Waals surface area contributed by atoms with E-state index in [2.05, 4.69) is 9.72 Å². The van der Waals surface area contributed by atoms with Crippen LogP contribution in [0.15, 0.2) is 12.1 Å². The number of nitrogen functional groups attached to an aromatic ring is 1. The van der Waals surface area contributed by atoms with Gasteiger partial charge in [-0.2, -0.15) is 0 Å². The summed E-state index contributed by atoms with van der Waals surface area (Å²) in [6, 6.07) is 2.84. The van der Waals surface area contributed by atoms with Gasteiger partial charge in [-0.15, -0.1) is 0 Å². The van der Waals surface area contributed by atoms with Gasteiger partial charge < -0.3 is 10.5 Å². The van der Waals surface area contributed by atoms with Gasteiger partial charge in [0.05, 0.1) is 7.11 Å². The number of hydrogen-bond donors (Lipinski definition) is 1. The first-order chi connectivity index (χ1) is 5.63. The minimum absolute atomic E-state index is 0.113. The van der Waals surface area contributed by atoms with Gasteiger partial charge in [0, 0.05) is 5.02 Å². The molecule has 0 aromatic carbocycles. The van der Waals surface area contributed by atoms with Gasteiger partial charge in [-0.05, 0) is 12.1 Å². The molecule has 0 aliphatic rings. The van der Waals surface area contributed by atoms with Gasteiger partial charge in [0.1, 0.15) is 5.82 Å². The third kappa shape index (κ3) is 1.85. The van der Waals surface area contributed by atoms with Crippen molar-refractivity contribution in [3.63, 3.8) is 0 Å². The number of nitrogens with two attached hydrogens (primary N) is 1. The number of ether oxygens (including phenoxy) is 1. The topological polar surface area (TPSA) is 65.2 Å². The van der Waals surface area contributed by atoms with E-state index in [1.165, 1.54) is 19.2 Å². The second-order valence-electron chi connectivity index (χ2n) is 2.09. The number of aromatic nitrogens is 1. The summed E-state index contributed by atoms with van der Waals surface area (Å²) in [7, 11) is 1.26. The van der Waals surface area contributed by atoms with Gasteiger partial charge >= 0.3 is 5.97 Å². The lowest BCUT2D eigenvalue weighted by Crippen LogP contribution is -2.05. The monoisotopic (exact) mass is 186 g/mol. The fourth-order valence-corrected chi connectivity index (χ4v) is 0.941. The predicted octanol–water partition coefficient (Wildman–Crippen LogP) is 1.10. The van der Waals surface area contributed by atoms with Crippen molar-refractivity contribution in [3.05, 3.63) is 22.8 Å². The van der Waals surface area contributed by atoms with E-state index < -0.39 is 5.97 Å². The quantitative estimate of drug-likeness (QED) is 0.668. The van der Waals surface area contributed by atoms with E-state index in [9.17, 15) is 4.79 Å². The lowest BCUT2D eigenvalue weighted by atomic mass is 10.3. The van der Waals surface area contributed by atoms with Gasteiger partial charge in [0.2, 0.25) is 0 Å². The Morgan fingerprint density at radius 3 is 2.83 bits per heavy atom. The van der Waals surface area contributed by atoms with Crippen molar-refractivity contribution in [3.8, 4) is 0 Å². The summed E-state index contributed by atoms with van der Waals surface area (Å²) in [5.41, 5.74) is 5.46. The highest BCUT2D eigenvalue weighted by Crippen LogP contribution is 2.13. The summed E-state index contributed by atoms with van der Waals surface area (Å²) in [6.45, 7) is 0.